The van der Waals surface area contributed by atoms with Crippen LogP contribution >= 0.6 is 12.4 Å². The number of rotatable bonds is 7. The number of nitrogens with zero attached hydrogens (tertiary/aromatic N) is 4. The van der Waals surface area contributed by atoms with Crippen molar-refractivity contribution in [3.63, 3.8) is 0 Å². The summed E-state index contributed by atoms with van der Waals surface area (Å²) in [6.07, 6.45) is 5.04. The monoisotopic (exact) mass is 356 g/mol. The van der Waals surface area contributed by atoms with Gasteiger partial charge in [0, 0.05) is 6.92 Å². The zero-order valence-electron chi connectivity index (χ0n) is 12.8. The SMILES string of the molecule is CC(=O)OC(c1cnc(CON)cn1)c1cnc(CON)cn1.Cl. The van der Waals surface area contributed by atoms with Crippen LogP contribution in [0.15, 0.2) is 24.8 Å². The van der Waals surface area contributed by atoms with Crippen LogP contribution in [0.3, 0.4) is 0 Å². The molecular weight excluding hydrogens is 340 g/mol. The molecule has 0 aliphatic rings. The number of esters is 1. The molecule has 0 amide bonds. The Kier molecular flexibility index (Phi) is 8.09. The smallest absolute Gasteiger partial charge is 0.303 e. The maximum absolute atomic E-state index is 11.3. The zero-order valence-corrected chi connectivity index (χ0v) is 13.6. The highest BCUT2D eigenvalue weighted by molar-refractivity contribution is 5.85. The lowest BCUT2D eigenvalue weighted by molar-refractivity contribution is -0.145. The Morgan fingerprint density at radius 1 is 0.958 bits per heavy atom. The van der Waals surface area contributed by atoms with Crippen molar-refractivity contribution in [1.82, 2.24) is 19.9 Å². The Morgan fingerprint density at radius 3 is 1.71 bits per heavy atom. The van der Waals surface area contributed by atoms with Crippen molar-refractivity contribution in [3.05, 3.63) is 47.6 Å². The van der Waals surface area contributed by atoms with Crippen LogP contribution in [0.2, 0.25) is 0 Å². The molecule has 0 saturated carbocycles. The summed E-state index contributed by atoms with van der Waals surface area (Å²) in [6, 6.07) is 0. The molecule has 0 radical (unpaired) electrons. The Hall–Kier alpha value is -2.24. The van der Waals surface area contributed by atoms with Crippen LogP contribution in [0.5, 0.6) is 0 Å². The van der Waals surface area contributed by atoms with Crippen molar-refractivity contribution in [3.8, 4) is 0 Å². The number of ether oxygens (including phenoxy) is 1. The van der Waals surface area contributed by atoms with Gasteiger partial charge in [0.1, 0.15) is 24.6 Å². The van der Waals surface area contributed by atoms with Crippen molar-refractivity contribution in [2.75, 3.05) is 0 Å². The van der Waals surface area contributed by atoms with Gasteiger partial charge in [0.2, 0.25) is 0 Å². The molecule has 0 spiro atoms. The normalized spacial score (nSPS) is 10.3. The number of carbonyl (C=O) groups excluding carboxylic acids is 1. The van der Waals surface area contributed by atoms with Gasteiger partial charge in [0.15, 0.2) is 6.10 Å². The molecule has 10 nitrogen and oxygen atoms in total. The van der Waals surface area contributed by atoms with Crippen molar-refractivity contribution >= 4 is 18.4 Å². The average Bonchev–Trinajstić information content (AvgIpc) is 2.55. The molecule has 2 aromatic heterocycles. The van der Waals surface area contributed by atoms with Crippen LogP contribution < -0.4 is 11.8 Å². The van der Waals surface area contributed by atoms with Crippen LogP contribution in [0.25, 0.3) is 0 Å². The van der Waals surface area contributed by atoms with Crippen molar-refractivity contribution in [2.45, 2.75) is 26.2 Å². The lowest BCUT2D eigenvalue weighted by Crippen LogP contribution is -2.15. The summed E-state index contributed by atoms with van der Waals surface area (Å²) in [5.74, 6) is 9.48. The summed E-state index contributed by atoms with van der Waals surface area (Å²) in [5, 5.41) is 0. The molecule has 2 heterocycles. The largest absolute Gasteiger partial charge is 0.449 e. The molecule has 0 aromatic carbocycles. The highest BCUT2D eigenvalue weighted by Gasteiger charge is 2.21. The Morgan fingerprint density at radius 2 is 1.42 bits per heavy atom. The first-order valence-corrected chi connectivity index (χ1v) is 6.56. The topological polar surface area (TPSA) is 148 Å². The van der Waals surface area contributed by atoms with Crippen LogP contribution in [-0.4, -0.2) is 25.9 Å². The number of carbonyl (C=O) groups is 1. The van der Waals surface area contributed by atoms with Gasteiger partial charge < -0.3 is 4.74 Å². The number of hydrogen-bond donors (Lipinski definition) is 2. The molecule has 0 unspecified atom stereocenters. The molecule has 0 bridgehead atoms. The number of hydrogen-bond acceptors (Lipinski definition) is 10. The number of halogens is 1. The van der Waals surface area contributed by atoms with Gasteiger partial charge in [-0.1, -0.05) is 0 Å². The van der Waals surface area contributed by atoms with Crippen molar-refractivity contribution in [2.24, 2.45) is 11.8 Å². The van der Waals surface area contributed by atoms with Crippen LogP contribution in [0.1, 0.15) is 35.8 Å². The first kappa shape index (κ1) is 19.8. The fourth-order valence-corrected chi connectivity index (χ4v) is 1.76. The Bertz CT molecular complexity index is 590. The Balaban J connectivity index is 0.00000288. The predicted octanol–water partition coefficient (Wildman–Crippen LogP) is 0.121. The van der Waals surface area contributed by atoms with E-state index in [0.717, 1.165) is 0 Å². The molecule has 0 fully saturated rings. The summed E-state index contributed by atoms with van der Waals surface area (Å²) in [7, 11) is 0. The van der Waals surface area contributed by atoms with Gasteiger partial charge in [-0.05, 0) is 0 Å². The summed E-state index contributed by atoms with van der Waals surface area (Å²) >= 11 is 0. The third-order valence-corrected chi connectivity index (χ3v) is 2.73. The highest BCUT2D eigenvalue weighted by atomic mass is 35.5. The van der Waals surface area contributed by atoms with Crippen molar-refractivity contribution < 1.29 is 19.2 Å². The molecule has 0 aliphatic heterocycles. The molecule has 11 heteroatoms. The highest BCUT2D eigenvalue weighted by Crippen LogP contribution is 2.22. The van der Waals surface area contributed by atoms with E-state index in [1.165, 1.54) is 31.7 Å². The van der Waals surface area contributed by atoms with Gasteiger partial charge in [-0.25, -0.2) is 11.8 Å². The minimum absolute atomic E-state index is 0. The lowest BCUT2D eigenvalue weighted by Gasteiger charge is -2.15. The van der Waals surface area contributed by atoms with E-state index in [-0.39, 0.29) is 25.6 Å². The average molecular weight is 357 g/mol. The maximum atomic E-state index is 11.3. The van der Waals surface area contributed by atoms with Crippen molar-refractivity contribution in [1.29, 1.82) is 0 Å². The van der Waals surface area contributed by atoms with E-state index in [1.807, 2.05) is 0 Å². The molecule has 24 heavy (non-hydrogen) atoms. The predicted molar refractivity (Wildman–Crippen MR) is 82.9 cm³/mol. The second-order valence-electron chi connectivity index (χ2n) is 4.48. The van der Waals surface area contributed by atoms with Gasteiger partial charge in [0.25, 0.3) is 0 Å². The zero-order chi connectivity index (χ0) is 16.7. The second-order valence-corrected chi connectivity index (χ2v) is 4.48. The van der Waals surface area contributed by atoms with E-state index >= 15 is 0 Å². The van der Waals surface area contributed by atoms with Crippen LogP contribution in [-0.2, 0) is 32.4 Å². The molecule has 2 rings (SSSR count). The summed E-state index contributed by atoms with van der Waals surface area (Å²) in [5.41, 5.74) is 1.88. The number of aromatic nitrogens is 4. The Labute approximate surface area is 143 Å². The molecular formula is C13H17ClN6O4. The third-order valence-electron chi connectivity index (χ3n) is 2.73. The quantitative estimate of drug-likeness (QED) is 0.517. The third kappa shape index (κ3) is 5.44. The summed E-state index contributed by atoms with van der Waals surface area (Å²) < 4.78 is 5.27. The molecule has 0 saturated heterocycles. The maximum Gasteiger partial charge on any atom is 0.303 e. The fraction of sp³-hybridized carbons (Fsp3) is 0.308. The van der Waals surface area contributed by atoms with E-state index in [9.17, 15) is 4.79 Å². The molecule has 0 atom stereocenters. The van der Waals surface area contributed by atoms with E-state index in [0.29, 0.717) is 22.8 Å². The van der Waals surface area contributed by atoms with Gasteiger partial charge in [-0.3, -0.25) is 34.4 Å². The van der Waals surface area contributed by atoms with Gasteiger partial charge in [-0.2, -0.15) is 0 Å². The van der Waals surface area contributed by atoms with Gasteiger partial charge in [0.05, 0.1) is 36.2 Å². The molecule has 4 N–H and O–H groups in total. The standard InChI is InChI=1S/C13H16N6O4.ClH/c1-8(20)23-13(11-4-16-9(2-18-11)6-21-14)12-5-17-10(3-19-12)7-22-15;/h2-5,13H,6-7,14-15H2,1H3;1H. The van der Waals surface area contributed by atoms with E-state index in [2.05, 4.69) is 29.6 Å². The van der Waals surface area contributed by atoms with E-state index in [4.69, 9.17) is 16.5 Å². The molecule has 2 aromatic rings. The minimum atomic E-state index is -0.826. The van der Waals surface area contributed by atoms with Gasteiger partial charge in [-0.15, -0.1) is 12.4 Å². The van der Waals surface area contributed by atoms with Crippen LogP contribution in [0, 0.1) is 0 Å². The van der Waals surface area contributed by atoms with Gasteiger partial charge >= 0.3 is 5.97 Å². The first-order valence-electron chi connectivity index (χ1n) is 6.56. The summed E-state index contributed by atoms with van der Waals surface area (Å²) in [4.78, 5) is 37.0. The number of nitrogens with two attached hydrogens (primary N) is 2. The summed E-state index contributed by atoms with van der Waals surface area (Å²) in [6.45, 7) is 1.54. The first-order chi connectivity index (χ1) is 11.1. The van der Waals surface area contributed by atoms with E-state index < -0.39 is 12.1 Å². The van der Waals surface area contributed by atoms with Crippen LogP contribution in [0.4, 0.5) is 0 Å². The molecule has 0 aliphatic carbocycles. The lowest BCUT2D eigenvalue weighted by atomic mass is 10.2. The fourth-order valence-electron chi connectivity index (χ4n) is 1.76. The van der Waals surface area contributed by atoms with E-state index in [1.54, 1.807) is 0 Å². The minimum Gasteiger partial charge on any atom is -0.449 e. The molecule has 130 valence electrons. The second kappa shape index (κ2) is 9.80.